The van der Waals surface area contributed by atoms with Crippen LogP contribution in [-0.2, 0) is 6.54 Å². The minimum absolute atomic E-state index is 0.516. The van der Waals surface area contributed by atoms with Gasteiger partial charge < -0.3 is 5.21 Å². The molecule has 1 aliphatic rings. The van der Waals surface area contributed by atoms with Crippen LogP contribution >= 0.6 is 11.6 Å². The molecule has 0 amide bonds. The number of hydrogen-bond donors (Lipinski definition) is 0. The first-order chi connectivity index (χ1) is 10.1. The van der Waals surface area contributed by atoms with Crippen LogP contribution in [0.3, 0.4) is 0 Å². The van der Waals surface area contributed by atoms with Gasteiger partial charge in [0, 0.05) is 15.7 Å². The molecule has 0 spiro atoms. The third kappa shape index (κ3) is 3.19. The summed E-state index contributed by atoms with van der Waals surface area (Å²) in [5.74, 6) is 0.763. The monoisotopic (exact) mass is 307 g/mol. The minimum atomic E-state index is 0.516. The number of benzene rings is 1. The topological polar surface area (TPSA) is 56.2 Å². The van der Waals surface area contributed by atoms with Crippen molar-refractivity contribution in [3.8, 4) is 11.3 Å². The minimum Gasteiger partial charge on any atom is -0.359 e. The number of likely N-dealkylation sites (tertiary alicyclic amines) is 1. The maximum absolute atomic E-state index is 11.9. The van der Waals surface area contributed by atoms with Crippen LogP contribution in [0.1, 0.15) is 25.5 Å². The van der Waals surface area contributed by atoms with Crippen molar-refractivity contribution in [1.29, 1.82) is 0 Å². The van der Waals surface area contributed by atoms with Crippen molar-refractivity contribution in [2.24, 2.45) is 5.92 Å². The fourth-order valence-electron chi connectivity index (χ4n) is 2.66. The van der Waals surface area contributed by atoms with Gasteiger partial charge in [0.2, 0.25) is 5.69 Å². The highest BCUT2D eigenvalue weighted by atomic mass is 35.5. The molecule has 1 aliphatic heterocycles. The molecule has 5 nitrogen and oxygen atoms in total. The van der Waals surface area contributed by atoms with Gasteiger partial charge in [0.1, 0.15) is 0 Å². The molecule has 2 heterocycles. The second-order valence-corrected chi connectivity index (χ2v) is 6.13. The van der Waals surface area contributed by atoms with Gasteiger partial charge in [0.15, 0.2) is 0 Å². The zero-order valence-corrected chi connectivity index (χ0v) is 12.7. The van der Waals surface area contributed by atoms with E-state index in [4.69, 9.17) is 16.2 Å². The first-order valence-electron chi connectivity index (χ1n) is 7.20. The van der Waals surface area contributed by atoms with Crippen molar-refractivity contribution in [2.75, 3.05) is 13.1 Å². The molecule has 112 valence electrons. The molecule has 6 heteroatoms. The van der Waals surface area contributed by atoms with E-state index in [1.54, 1.807) is 12.1 Å². The van der Waals surface area contributed by atoms with Crippen LogP contribution in [0.2, 0.25) is 5.02 Å². The van der Waals surface area contributed by atoms with Gasteiger partial charge in [-0.15, -0.1) is 0 Å². The Kier molecular flexibility index (Phi) is 4.12. The van der Waals surface area contributed by atoms with Crippen molar-refractivity contribution < 1.29 is 9.53 Å². The Labute approximate surface area is 128 Å². The summed E-state index contributed by atoms with van der Waals surface area (Å²) in [4.78, 5) is 2.79. The summed E-state index contributed by atoms with van der Waals surface area (Å²) in [5, 5.41) is 16.4. The van der Waals surface area contributed by atoms with Crippen molar-refractivity contribution in [3.05, 3.63) is 40.2 Å². The Hall–Kier alpha value is -1.59. The van der Waals surface area contributed by atoms with Crippen LogP contribution in [0, 0.1) is 11.1 Å². The van der Waals surface area contributed by atoms with E-state index in [2.05, 4.69) is 17.0 Å². The molecular formula is C15H18ClN3O2. The highest BCUT2D eigenvalue weighted by Crippen LogP contribution is 2.24. The van der Waals surface area contributed by atoms with E-state index in [-0.39, 0.29) is 0 Å². The standard InChI is InChI=1S/C15H18ClN3O2/c1-11-6-8-18(9-7-11)10-14-15(17-21-19(14)20)12-2-4-13(16)5-3-12/h2-5,11H,6-10H2,1H3. The molecule has 2 aromatic rings. The van der Waals surface area contributed by atoms with Crippen molar-refractivity contribution in [2.45, 2.75) is 26.3 Å². The summed E-state index contributed by atoms with van der Waals surface area (Å²) < 4.78 is 4.79. The molecule has 0 N–H and O–H groups in total. The van der Waals surface area contributed by atoms with Gasteiger partial charge in [-0.05, 0) is 61.0 Å². The van der Waals surface area contributed by atoms with Crippen LogP contribution in [0.15, 0.2) is 28.9 Å². The zero-order valence-electron chi connectivity index (χ0n) is 12.0. The van der Waals surface area contributed by atoms with E-state index in [0.29, 0.717) is 27.9 Å². The van der Waals surface area contributed by atoms with E-state index in [9.17, 15) is 5.21 Å². The molecule has 0 atom stereocenters. The van der Waals surface area contributed by atoms with Gasteiger partial charge in [-0.3, -0.25) is 9.53 Å². The van der Waals surface area contributed by atoms with E-state index < -0.39 is 0 Å². The summed E-state index contributed by atoms with van der Waals surface area (Å²) in [6.07, 6.45) is 2.33. The van der Waals surface area contributed by atoms with Crippen LogP contribution in [0.4, 0.5) is 0 Å². The van der Waals surface area contributed by atoms with Crippen molar-refractivity contribution in [1.82, 2.24) is 10.1 Å². The first kappa shape index (κ1) is 14.4. The molecule has 1 aromatic heterocycles. The van der Waals surface area contributed by atoms with Gasteiger partial charge in [0.25, 0.3) is 5.69 Å². The summed E-state index contributed by atoms with van der Waals surface area (Å²) in [7, 11) is 0. The molecule has 0 saturated carbocycles. The number of nitrogens with zero attached hydrogens (tertiary/aromatic N) is 3. The molecule has 1 fully saturated rings. The maximum Gasteiger partial charge on any atom is 0.252 e. The highest BCUT2D eigenvalue weighted by molar-refractivity contribution is 6.30. The number of piperidine rings is 1. The van der Waals surface area contributed by atoms with Crippen molar-refractivity contribution >= 4 is 11.6 Å². The van der Waals surface area contributed by atoms with Crippen molar-refractivity contribution in [3.63, 3.8) is 0 Å². The second kappa shape index (κ2) is 6.03. The smallest absolute Gasteiger partial charge is 0.252 e. The lowest BCUT2D eigenvalue weighted by Crippen LogP contribution is -2.37. The lowest BCUT2D eigenvalue weighted by Gasteiger charge is -2.29. The van der Waals surface area contributed by atoms with Crippen LogP contribution < -0.4 is 4.90 Å². The van der Waals surface area contributed by atoms with Gasteiger partial charge in [-0.2, -0.15) is 0 Å². The summed E-state index contributed by atoms with van der Waals surface area (Å²) in [6, 6.07) is 7.27. The third-order valence-corrected chi connectivity index (χ3v) is 4.32. The van der Waals surface area contributed by atoms with Gasteiger partial charge >= 0.3 is 0 Å². The normalized spacial score (nSPS) is 17.2. The van der Waals surface area contributed by atoms with Gasteiger partial charge in [-0.1, -0.05) is 18.5 Å². The average Bonchev–Trinajstić information content (AvgIpc) is 2.84. The summed E-state index contributed by atoms with van der Waals surface area (Å²) >= 11 is 5.89. The largest absolute Gasteiger partial charge is 0.359 e. The van der Waals surface area contributed by atoms with E-state index in [1.165, 1.54) is 12.8 Å². The lowest BCUT2D eigenvalue weighted by atomic mass is 9.99. The quantitative estimate of drug-likeness (QED) is 0.818. The average molecular weight is 308 g/mol. The number of hydrogen-bond acceptors (Lipinski definition) is 4. The summed E-state index contributed by atoms with van der Waals surface area (Å²) in [6.45, 7) is 4.85. The van der Waals surface area contributed by atoms with E-state index in [0.717, 1.165) is 24.6 Å². The number of halogens is 1. The molecule has 0 radical (unpaired) electrons. The Morgan fingerprint density at radius 3 is 2.67 bits per heavy atom. The molecular weight excluding hydrogens is 290 g/mol. The molecule has 1 saturated heterocycles. The number of aromatic nitrogens is 2. The molecule has 3 rings (SSSR count). The van der Waals surface area contributed by atoms with Crippen LogP contribution in [-0.4, -0.2) is 23.1 Å². The van der Waals surface area contributed by atoms with Crippen LogP contribution in [0.25, 0.3) is 11.3 Å². The zero-order chi connectivity index (χ0) is 14.8. The third-order valence-electron chi connectivity index (χ3n) is 4.07. The molecule has 0 unspecified atom stereocenters. The summed E-state index contributed by atoms with van der Waals surface area (Å²) in [5.41, 5.74) is 2.00. The molecule has 21 heavy (non-hydrogen) atoms. The molecule has 0 aliphatic carbocycles. The Balaban J connectivity index is 1.82. The number of rotatable bonds is 3. The Bertz CT molecular complexity index is 604. The maximum atomic E-state index is 11.9. The van der Waals surface area contributed by atoms with Gasteiger partial charge in [0.05, 0.1) is 6.54 Å². The van der Waals surface area contributed by atoms with E-state index >= 15 is 0 Å². The fraction of sp³-hybridized carbons (Fsp3) is 0.467. The second-order valence-electron chi connectivity index (χ2n) is 5.69. The highest BCUT2D eigenvalue weighted by Gasteiger charge is 2.25. The molecule has 0 bridgehead atoms. The Morgan fingerprint density at radius 2 is 2.00 bits per heavy atom. The van der Waals surface area contributed by atoms with Crippen LogP contribution in [0.5, 0.6) is 0 Å². The SMILES string of the molecule is CC1CCN(Cc2c(-c3ccc(Cl)cc3)no[n+]2[O-])CC1. The fourth-order valence-corrected chi connectivity index (χ4v) is 2.78. The van der Waals surface area contributed by atoms with E-state index in [1.807, 2.05) is 12.1 Å². The Morgan fingerprint density at radius 1 is 1.33 bits per heavy atom. The predicted molar refractivity (Wildman–Crippen MR) is 79.6 cm³/mol. The van der Waals surface area contributed by atoms with Gasteiger partial charge in [-0.25, -0.2) is 0 Å². The first-order valence-corrected chi connectivity index (χ1v) is 7.58. The molecule has 1 aromatic carbocycles. The predicted octanol–water partition coefficient (Wildman–Crippen LogP) is 2.86. The lowest BCUT2D eigenvalue weighted by molar-refractivity contribution is -0.808.